The Balaban J connectivity index is 1.78. The lowest BCUT2D eigenvalue weighted by Crippen LogP contribution is -2.40. The van der Waals surface area contributed by atoms with Crippen molar-refractivity contribution in [3.05, 3.63) is 16.6 Å². The highest BCUT2D eigenvalue weighted by atomic mass is 32.1. The van der Waals surface area contributed by atoms with Gasteiger partial charge in [0.05, 0.1) is 29.9 Å². The molecule has 15 heavy (non-hydrogen) atoms. The fraction of sp³-hybridized carbons (Fsp3) is 0.556. The maximum atomic E-state index is 11.6. The molecule has 5 nitrogen and oxygen atoms in total. The summed E-state index contributed by atoms with van der Waals surface area (Å²) >= 11 is 1.51. The molecule has 1 aromatic rings. The largest absolute Gasteiger partial charge is 0.392 e. The number of hydrogen-bond acceptors (Lipinski definition) is 5. The van der Waals surface area contributed by atoms with Gasteiger partial charge in [0.1, 0.15) is 0 Å². The summed E-state index contributed by atoms with van der Waals surface area (Å²) in [6, 6.07) is -0.265. The Hall–Kier alpha value is -0.980. The van der Waals surface area contributed by atoms with Crippen LogP contribution in [0, 0.1) is 0 Å². The van der Waals surface area contributed by atoms with Crippen molar-refractivity contribution in [2.75, 3.05) is 6.54 Å². The number of β-amino-alcohol motifs (C(OH)–C–C–N with tert-alkyl or cyclic N) is 1. The molecule has 1 amide bonds. The molecule has 3 N–H and O–H groups in total. The number of aliphatic hydroxyl groups excluding tert-OH is 1. The number of aromatic nitrogens is 1. The van der Waals surface area contributed by atoms with Gasteiger partial charge in [-0.3, -0.25) is 4.79 Å². The molecular formula is C9H13N3O2S. The van der Waals surface area contributed by atoms with E-state index in [2.05, 4.69) is 15.6 Å². The highest BCUT2D eigenvalue weighted by Gasteiger charge is 2.27. The third-order valence-electron chi connectivity index (χ3n) is 2.35. The number of aliphatic hydroxyl groups is 1. The fourth-order valence-corrected chi connectivity index (χ4v) is 2.10. The van der Waals surface area contributed by atoms with Gasteiger partial charge in [0.15, 0.2) is 0 Å². The molecule has 2 atom stereocenters. The summed E-state index contributed by atoms with van der Waals surface area (Å²) in [6.45, 7) is 0.950. The van der Waals surface area contributed by atoms with Crippen molar-refractivity contribution < 1.29 is 9.90 Å². The van der Waals surface area contributed by atoms with Crippen molar-refractivity contribution in [2.45, 2.75) is 25.1 Å². The first-order valence-corrected chi connectivity index (χ1v) is 5.76. The van der Waals surface area contributed by atoms with Crippen LogP contribution in [0.3, 0.4) is 0 Å². The van der Waals surface area contributed by atoms with Crippen LogP contribution in [-0.4, -0.2) is 34.7 Å². The molecule has 0 saturated carbocycles. The van der Waals surface area contributed by atoms with Gasteiger partial charge in [-0.05, 0) is 6.42 Å². The second-order valence-electron chi connectivity index (χ2n) is 3.55. The minimum Gasteiger partial charge on any atom is -0.392 e. The molecule has 0 aromatic carbocycles. The van der Waals surface area contributed by atoms with Gasteiger partial charge in [-0.15, -0.1) is 11.3 Å². The van der Waals surface area contributed by atoms with E-state index in [1.165, 1.54) is 11.3 Å². The van der Waals surface area contributed by atoms with Crippen molar-refractivity contribution in [3.63, 3.8) is 0 Å². The van der Waals surface area contributed by atoms with Gasteiger partial charge in [0.2, 0.25) is 5.91 Å². The third-order valence-corrected chi connectivity index (χ3v) is 2.99. The number of nitrogens with zero attached hydrogens (tertiary/aromatic N) is 1. The summed E-state index contributed by atoms with van der Waals surface area (Å²) in [4.78, 5) is 15.6. The Kier molecular flexibility index (Phi) is 3.30. The van der Waals surface area contributed by atoms with Gasteiger partial charge in [-0.2, -0.15) is 0 Å². The van der Waals surface area contributed by atoms with Crippen molar-refractivity contribution in [1.82, 2.24) is 15.6 Å². The molecule has 1 aromatic heterocycles. The zero-order chi connectivity index (χ0) is 10.7. The first-order chi connectivity index (χ1) is 7.25. The van der Waals surface area contributed by atoms with Gasteiger partial charge in [-0.1, -0.05) is 0 Å². The standard InChI is InChI=1S/C9H13N3O2S/c13-7-1-8(10-3-7)9(14)11-2-6-4-15-5-12-6/h4-5,7-8,10,13H,1-3H2,(H,11,14). The predicted octanol–water partition coefficient (Wildman–Crippen LogP) is -0.518. The lowest BCUT2D eigenvalue weighted by Gasteiger charge is -2.09. The SMILES string of the molecule is O=C(NCc1cscn1)C1CC(O)CN1. The first-order valence-electron chi connectivity index (χ1n) is 4.82. The van der Waals surface area contributed by atoms with Crippen molar-refractivity contribution in [2.24, 2.45) is 0 Å². The van der Waals surface area contributed by atoms with Crippen LogP contribution < -0.4 is 10.6 Å². The third kappa shape index (κ3) is 2.74. The Labute approximate surface area is 91.5 Å². The number of hydrogen-bond donors (Lipinski definition) is 3. The molecule has 6 heteroatoms. The molecule has 0 aliphatic carbocycles. The second kappa shape index (κ2) is 4.69. The Morgan fingerprint density at radius 2 is 2.67 bits per heavy atom. The predicted molar refractivity (Wildman–Crippen MR) is 56.4 cm³/mol. The van der Waals surface area contributed by atoms with Gasteiger partial charge in [-0.25, -0.2) is 4.98 Å². The maximum Gasteiger partial charge on any atom is 0.237 e. The number of nitrogens with one attached hydrogen (secondary N) is 2. The number of thiazole rings is 1. The van der Waals surface area contributed by atoms with E-state index >= 15 is 0 Å². The summed E-state index contributed by atoms with van der Waals surface area (Å²) in [7, 11) is 0. The number of rotatable bonds is 3. The molecule has 1 aliphatic heterocycles. The van der Waals surface area contributed by atoms with Gasteiger partial charge in [0.25, 0.3) is 0 Å². The molecule has 0 spiro atoms. The summed E-state index contributed by atoms with van der Waals surface area (Å²) in [5, 5.41) is 16.9. The van der Waals surface area contributed by atoms with Gasteiger partial charge >= 0.3 is 0 Å². The molecule has 0 radical (unpaired) electrons. The molecule has 0 bridgehead atoms. The highest BCUT2D eigenvalue weighted by Crippen LogP contribution is 2.06. The van der Waals surface area contributed by atoms with E-state index in [0.29, 0.717) is 19.5 Å². The van der Waals surface area contributed by atoms with Crippen LogP contribution in [0.5, 0.6) is 0 Å². The zero-order valence-electron chi connectivity index (χ0n) is 8.14. The molecule has 2 heterocycles. The smallest absolute Gasteiger partial charge is 0.237 e. The quantitative estimate of drug-likeness (QED) is 0.650. The minimum absolute atomic E-state index is 0.0699. The summed E-state index contributed by atoms with van der Waals surface area (Å²) < 4.78 is 0. The molecule has 1 saturated heterocycles. The van der Waals surface area contributed by atoms with E-state index in [1.54, 1.807) is 5.51 Å². The molecule has 82 valence electrons. The topological polar surface area (TPSA) is 74.2 Å². The van der Waals surface area contributed by atoms with Crippen LogP contribution in [0.4, 0.5) is 0 Å². The molecule has 2 unspecified atom stereocenters. The number of amides is 1. The van der Waals surface area contributed by atoms with E-state index in [0.717, 1.165) is 5.69 Å². The summed E-state index contributed by atoms with van der Waals surface area (Å²) in [5.74, 6) is -0.0699. The van der Waals surface area contributed by atoms with Crippen LogP contribution in [0.1, 0.15) is 12.1 Å². The Bertz CT molecular complexity index is 328. The van der Waals surface area contributed by atoms with Crippen molar-refractivity contribution >= 4 is 17.2 Å². The first kappa shape index (κ1) is 10.5. The van der Waals surface area contributed by atoms with Crippen LogP contribution in [0.25, 0.3) is 0 Å². The van der Waals surface area contributed by atoms with Gasteiger partial charge < -0.3 is 15.7 Å². The lowest BCUT2D eigenvalue weighted by molar-refractivity contribution is -0.123. The fourth-order valence-electron chi connectivity index (χ4n) is 1.54. The van der Waals surface area contributed by atoms with Crippen LogP contribution >= 0.6 is 11.3 Å². The number of carbonyl (C=O) groups excluding carboxylic acids is 1. The van der Waals surface area contributed by atoms with E-state index in [1.807, 2.05) is 5.38 Å². The highest BCUT2D eigenvalue weighted by molar-refractivity contribution is 7.07. The molecule has 2 rings (SSSR count). The van der Waals surface area contributed by atoms with E-state index in [4.69, 9.17) is 0 Å². The monoisotopic (exact) mass is 227 g/mol. The van der Waals surface area contributed by atoms with Crippen LogP contribution in [0.2, 0.25) is 0 Å². The molecule has 1 aliphatic rings. The van der Waals surface area contributed by atoms with E-state index in [9.17, 15) is 9.90 Å². The van der Waals surface area contributed by atoms with Crippen LogP contribution in [0.15, 0.2) is 10.9 Å². The van der Waals surface area contributed by atoms with Crippen molar-refractivity contribution in [3.8, 4) is 0 Å². The normalized spacial score (nSPS) is 25.4. The van der Waals surface area contributed by atoms with E-state index in [-0.39, 0.29) is 11.9 Å². The minimum atomic E-state index is -0.403. The summed E-state index contributed by atoms with van der Waals surface area (Å²) in [6.07, 6.45) is 0.0862. The second-order valence-corrected chi connectivity index (χ2v) is 4.27. The number of carbonyl (C=O) groups is 1. The Morgan fingerprint density at radius 1 is 1.80 bits per heavy atom. The van der Waals surface area contributed by atoms with Crippen molar-refractivity contribution in [1.29, 1.82) is 0 Å². The molecular weight excluding hydrogens is 214 g/mol. The summed E-state index contributed by atoms with van der Waals surface area (Å²) in [5.41, 5.74) is 2.60. The average Bonchev–Trinajstić information content (AvgIpc) is 2.84. The Morgan fingerprint density at radius 3 is 3.27 bits per heavy atom. The average molecular weight is 227 g/mol. The van der Waals surface area contributed by atoms with Crippen LogP contribution in [-0.2, 0) is 11.3 Å². The lowest BCUT2D eigenvalue weighted by atomic mass is 10.2. The van der Waals surface area contributed by atoms with Gasteiger partial charge in [0, 0.05) is 11.9 Å². The molecule has 1 fully saturated rings. The maximum absolute atomic E-state index is 11.6. The van der Waals surface area contributed by atoms with E-state index < -0.39 is 6.10 Å². The zero-order valence-corrected chi connectivity index (χ0v) is 8.96.